The Kier molecular flexibility index (Phi) is 5.37. The summed E-state index contributed by atoms with van der Waals surface area (Å²) < 4.78 is 18.9. The summed E-state index contributed by atoms with van der Waals surface area (Å²) in [5, 5.41) is 13.6. The van der Waals surface area contributed by atoms with E-state index in [1.165, 1.54) is 18.2 Å². The third kappa shape index (κ3) is 3.90. The summed E-state index contributed by atoms with van der Waals surface area (Å²) in [5.74, 6) is -1.87. The van der Waals surface area contributed by atoms with Gasteiger partial charge in [0.2, 0.25) is 0 Å². The fourth-order valence-electron chi connectivity index (χ4n) is 2.55. The monoisotopic (exact) mass is 370 g/mol. The Morgan fingerprint density at radius 2 is 1.74 bits per heavy atom. The normalized spacial score (nSPS) is 10.7. The molecule has 1 N–H and O–H groups in total. The van der Waals surface area contributed by atoms with Crippen LogP contribution < -0.4 is 5.56 Å². The van der Waals surface area contributed by atoms with Crippen molar-refractivity contribution in [2.75, 3.05) is 13.2 Å². The second-order valence-corrected chi connectivity index (χ2v) is 5.65. The number of esters is 1. The number of ketones is 1. The first-order chi connectivity index (χ1) is 13.0. The van der Waals surface area contributed by atoms with Crippen molar-refractivity contribution >= 4 is 22.5 Å². The van der Waals surface area contributed by atoms with Crippen LogP contribution in [-0.4, -0.2) is 39.9 Å². The van der Waals surface area contributed by atoms with Gasteiger partial charge in [-0.25, -0.2) is 13.9 Å². The number of aromatic nitrogens is 2. The van der Waals surface area contributed by atoms with E-state index in [2.05, 4.69) is 5.10 Å². The molecule has 0 bridgehead atoms. The molecule has 0 saturated carbocycles. The molecule has 3 aromatic rings. The number of Topliss-reactive ketones (excluding diaryl/α,β-unsaturated/α-hetero) is 1. The number of hydrogen-bond acceptors (Lipinski definition) is 6. The zero-order chi connectivity index (χ0) is 19.4. The van der Waals surface area contributed by atoms with Crippen LogP contribution in [0.25, 0.3) is 10.8 Å². The van der Waals surface area contributed by atoms with Crippen molar-refractivity contribution in [3.8, 4) is 0 Å². The number of halogens is 1. The largest absolute Gasteiger partial charge is 0.452 e. The van der Waals surface area contributed by atoms with Gasteiger partial charge in [0.05, 0.1) is 18.5 Å². The summed E-state index contributed by atoms with van der Waals surface area (Å²) in [4.78, 5) is 36.8. The number of fused-ring (bicyclic) bond motifs is 1. The van der Waals surface area contributed by atoms with Crippen LogP contribution in [0.2, 0.25) is 0 Å². The highest BCUT2D eigenvalue weighted by Gasteiger charge is 2.19. The number of aliphatic hydroxyl groups is 1. The quantitative estimate of drug-likeness (QED) is 0.522. The van der Waals surface area contributed by atoms with E-state index in [0.29, 0.717) is 0 Å². The van der Waals surface area contributed by atoms with Crippen LogP contribution in [0.3, 0.4) is 0 Å². The van der Waals surface area contributed by atoms with Crippen molar-refractivity contribution in [2.45, 2.75) is 6.54 Å². The van der Waals surface area contributed by atoms with Gasteiger partial charge in [-0.2, -0.15) is 5.10 Å². The van der Waals surface area contributed by atoms with Gasteiger partial charge in [0.1, 0.15) is 5.82 Å². The van der Waals surface area contributed by atoms with Gasteiger partial charge in [0, 0.05) is 10.9 Å². The van der Waals surface area contributed by atoms with Gasteiger partial charge < -0.3 is 9.84 Å². The first-order valence-electron chi connectivity index (χ1n) is 8.08. The lowest BCUT2D eigenvalue weighted by Crippen LogP contribution is -2.28. The molecular formula is C19H15FN2O5. The highest BCUT2D eigenvalue weighted by Crippen LogP contribution is 2.14. The Hall–Kier alpha value is -3.39. The third-order valence-corrected chi connectivity index (χ3v) is 3.87. The van der Waals surface area contributed by atoms with E-state index < -0.39 is 29.7 Å². The molecule has 2 aromatic carbocycles. The molecule has 0 saturated heterocycles. The Morgan fingerprint density at radius 3 is 2.41 bits per heavy atom. The van der Waals surface area contributed by atoms with Crippen LogP contribution in [0.5, 0.6) is 0 Å². The number of carbonyl (C=O) groups is 2. The van der Waals surface area contributed by atoms with Gasteiger partial charge in [-0.1, -0.05) is 18.2 Å². The molecule has 1 aromatic heterocycles. The van der Waals surface area contributed by atoms with Crippen LogP contribution in [0.15, 0.2) is 53.3 Å². The van der Waals surface area contributed by atoms with Crippen molar-refractivity contribution in [3.05, 3.63) is 76.0 Å². The highest BCUT2D eigenvalue weighted by atomic mass is 19.1. The van der Waals surface area contributed by atoms with E-state index in [1.807, 2.05) is 0 Å². The zero-order valence-corrected chi connectivity index (χ0v) is 14.1. The minimum atomic E-state index is -0.881. The molecule has 8 heteroatoms. The van der Waals surface area contributed by atoms with Crippen LogP contribution in [0, 0.1) is 5.82 Å². The van der Waals surface area contributed by atoms with Crippen LogP contribution in [0.4, 0.5) is 4.39 Å². The second kappa shape index (κ2) is 7.88. The van der Waals surface area contributed by atoms with Gasteiger partial charge in [-0.15, -0.1) is 0 Å². The van der Waals surface area contributed by atoms with E-state index in [4.69, 9.17) is 9.84 Å². The number of ether oxygens (including phenoxy) is 1. The van der Waals surface area contributed by atoms with Gasteiger partial charge in [-0.05, 0) is 30.3 Å². The van der Waals surface area contributed by atoms with Gasteiger partial charge in [-0.3, -0.25) is 9.59 Å². The number of nitrogens with zero attached hydrogens (tertiary/aromatic N) is 2. The lowest BCUT2D eigenvalue weighted by atomic mass is 10.1. The Labute approximate surface area is 152 Å². The molecule has 0 fully saturated rings. The molecule has 0 unspecified atom stereocenters. The number of hydrogen-bond donors (Lipinski definition) is 1. The van der Waals surface area contributed by atoms with Crippen molar-refractivity contribution in [2.24, 2.45) is 0 Å². The van der Waals surface area contributed by atoms with Gasteiger partial charge in [0.25, 0.3) is 5.56 Å². The number of aliphatic hydroxyl groups excluding tert-OH is 1. The highest BCUT2D eigenvalue weighted by molar-refractivity contribution is 6.04. The SMILES string of the molecule is O=C(COC(=O)c1nn(CCO)c(=O)c2ccccc12)c1ccc(F)cc1. The molecule has 0 amide bonds. The van der Waals surface area contributed by atoms with E-state index in [1.54, 1.807) is 18.2 Å². The standard InChI is InChI=1S/C19H15FN2O5/c20-13-7-5-12(6-8-13)16(24)11-27-19(26)17-14-3-1-2-4-15(14)18(25)22(21-17)9-10-23/h1-8,23H,9-11H2. The summed E-state index contributed by atoms with van der Waals surface area (Å²) in [6.07, 6.45) is 0. The average Bonchev–Trinajstić information content (AvgIpc) is 2.68. The van der Waals surface area contributed by atoms with Gasteiger partial charge >= 0.3 is 5.97 Å². The lowest BCUT2D eigenvalue weighted by Gasteiger charge is -2.10. The lowest BCUT2D eigenvalue weighted by molar-refractivity contribution is 0.0468. The molecule has 0 aliphatic heterocycles. The number of benzene rings is 2. The topological polar surface area (TPSA) is 98.5 Å². The minimum absolute atomic E-state index is 0.0849. The van der Waals surface area contributed by atoms with Crippen molar-refractivity contribution < 1.29 is 23.8 Å². The predicted octanol–water partition coefficient (Wildman–Crippen LogP) is 1.57. The minimum Gasteiger partial charge on any atom is -0.452 e. The van der Waals surface area contributed by atoms with E-state index in [0.717, 1.165) is 16.8 Å². The van der Waals surface area contributed by atoms with Gasteiger partial charge in [0.15, 0.2) is 18.1 Å². The molecule has 138 valence electrons. The molecule has 0 aliphatic rings. The van der Waals surface area contributed by atoms with E-state index in [9.17, 15) is 18.8 Å². The maximum absolute atomic E-state index is 12.9. The average molecular weight is 370 g/mol. The first kappa shape index (κ1) is 18.4. The molecule has 3 rings (SSSR count). The van der Waals surface area contributed by atoms with Crippen molar-refractivity contribution in [3.63, 3.8) is 0 Å². The molecule has 27 heavy (non-hydrogen) atoms. The Morgan fingerprint density at radius 1 is 1.07 bits per heavy atom. The smallest absolute Gasteiger partial charge is 0.359 e. The summed E-state index contributed by atoms with van der Waals surface area (Å²) in [6.45, 7) is -0.971. The Balaban J connectivity index is 1.87. The molecule has 0 aliphatic carbocycles. The maximum Gasteiger partial charge on any atom is 0.359 e. The van der Waals surface area contributed by atoms with E-state index >= 15 is 0 Å². The second-order valence-electron chi connectivity index (χ2n) is 5.65. The molecule has 0 atom stereocenters. The van der Waals surface area contributed by atoms with Crippen LogP contribution in [0.1, 0.15) is 20.8 Å². The number of carbonyl (C=O) groups excluding carboxylic acids is 2. The first-order valence-corrected chi connectivity index (χ1v) is 8.08. The van der Waals surface area contributed by atoms with Crippen molar-refractivity contribution in [1.82, 2.24) is 9.78 Å². The predicted molar refractivity (Wildman–Crippen MR) is 94.1 cm³/mol. The Bertz CT molecular complexity index is 1060. The summed E-state index contributed by atoms with van der Waals surface area (Å²) in [6, 6.07) is 11.2. The maximum atomic E-state index is 12.9. The molecule has 0 spiro atoms. The molecule has 1 heterocycles. The van der Waals surface area contributed by atoms with E-state index in [-0.39, 0.29) is 35.2 Å². The van der Waals surface area contributed by atoms with Crippen LogP contribution in [-0.2, 0) is 11.3 Å². The molecule has 0 radical (unpaired) electrons. The summed E-state index contributed by atoms with van der Waals surface area (Å²) in [7, 11) is 0. The third-order valence-electron chi connectivity index (χ3n) is 3.87. The number of rotatable bonds is 6. The fourth-order valence-corrected chi connectivity index (χ4v) is 2.55. The van der Waals surface area contributed by atoms with Crippen molar-refractivity contribution in [1.29, 1.82) is 0 Å². The zero-order valence-electron chi connectivity index (χ0n) is 14.1. The molecular weight excluding hydrogens is 355 g/mol. The fraction of sp³-hybridized carbons (Fsp3) is 0.158. The summed E-state index contributed by atoms with van der Waals surface area (Å²) >= 11 is 0. The van der Waals surface area contributed by atoms with Crippen LogP contribution >= 0.6 is 0 Å². The summed E-state index contributed by atoms with van der Waals surface area (Å²) in [5.41, 5.74) is -0.378. The molecule has 7 nitrogen and oxygen atoms in total.